The van der Waals surface area contributed by atoms with E-state index in [9.17, 15) is 5.11 Å². The number of para-hydroxylation sites is 1. The van der Waals surface area contributed by atoms with Gasteiger partial charge in [0.1, 0.15) is 18.2 Å². The number of hydrogen-bond donors (Lipinski definition) is 1. The standard InChI is InChI=1S/C26H32N4O2/c1-19-20(2)30(25-8-6-5-7-24(19)25)17-22(31)16-28(3)15-21-9-11-23(12-10-21)32-18-26-27-13-14-29(26)4/h5-14,22,31H,15-18H2,1-4H3/t22-/m1/s1. The number of benzene rings is 2. The van der Waals surface area contributed by atoms with E-state index in [0.29, 0.717) is 19.7 Å². The number of imidazole rings is 1. The summed E-state index contributed by atoms with van der Waals surface area (Å²) in [7, 11) is 4.00. The quantitative estimate of drug-likeness (QED) is 0.433. The van der Waals surface area contributed by atoms with E-state index in [1.165, 1.54) is 27.7 Å². The summed E-state index contributed by atoms with van der Waals surface area (Å²) >= 11 is 0. The molecule has 6 heteroatoms. The summed E-state index contributed by atoms with van der Waals surface area (Å²) < 4.78 is 10.0. The molecule has 0 radical (unpaired) electrons. The van der Waals surface area contributed by atoms with Crippen molar-refractivity contribution in [1.82, 2.24) is 19.0 Å². The fraction of sp³-hybridized carbons (Fsp3) is 0.346. The van der Waals surface area contributed by atoms with Gasteiger partial charge in [-0.25, -0.2) is 4.98 Å². The molecular formula is C26H32N4O2. The Balaban J connectivity index is 1.31. The first-order valence-corrected chi connectivity index (χ1v) is 11.0. The number of aliphatic hydroxyl groups is 1. The third-order valence-corrected chi connectivity index (χ3v) is 6.13. The average molecular weight is 433 g/mol. The van der Waals surface area contributed by atoms with E-state index in [-0.39, 0.29) is 0 Å². The molecule has 0 aliphatic carbocycles. The second-order valence-corrected chi connectivity index (χ2v) is 8.58. The first kappa shape index (κ1) is 22.1. The Labute approximate surface area is 189 Å². The SMILES string of the molecule is Cc1c(C)n(C[C@H](O)CN(C)Cc2ccc(OCc3nccn3C)cc2)c2ccccc12. The van der Waals surface area contributed by atoms with Crippen molar-refractivity contribution in [2.75, 3.05) is 13.6 Å². The monoisotopic (exact) mass is 432 g/mol. The van der Waals surface area contributed by atoms with E-state index in [1.807, 2.05) is 37.0 Å². The van der Waals surface area contributed by atoms with Crippen molar-refractivity contribution in [3.8, 4) is 5.75 Å². The van der Waals surface area contributed by atoms with Crippen LogP contribution in [0.1, 0.15) is 22.6 Å². The zero-order chi connectivity index (χ0) is 22.7. The lowest BCUT2D eigenvalue weighted by Gasteiger charge is -2.22. The molecule has 0 aliphatic heterocycles. The van der Waals surface area contributed by atoms with Crippen molar-refractivity contribution >= 4 is 10.9 Å². The predicted octanol–water partition coefficient (Wildman–Crippen LogP) is 4.06. The Morgan fingerprint density at radius 3 is 2.56 bits per heavy atom. The van der Waals surface area contributed by atoms with Crippen LogP contribution in [-0.2, 0) is 26.7 Å². The Morgan fingerprint density at radius 2 is 1.84 bits per heavy atom. The summed E-state index contributed by atoms with van der Waals surface area (Å²) in [5, 5.41) is 12.0. The first-order chi connectivity index (χ1) is 15.4. The molecule has 6 nitrogen and oxygen atoms in total. The summed E-state index contributed by atoms with van der Waals surface area (Å²) in [6, 6.07) is 16.5. The molecule has 2 aromatic heterocycles. The van der Waals surface area contributed by atoms with Crippen LogP contribution in [0.3, 0.4) is 0 Å². The van der Waals surface area contributed by atoms with Crippen LogP contribution in [0.25, 0.3) is 10.9 Å². The molecule has 0 saturated carbocycles. The van der Waals surface area contributed by atoms with Crippen molar-refractivity contribution in [1.29, 1.82) is 0 Å². The lowest BCUT2D eigenvalue weighted by Crippen LogP contribution is -2.32. The Bertz CT molecular complexity index is 1180. The number of ether oxygens (including phenoxy) is 1. The van der Waals surface area contributed by atoms with Gasteiger partial charge in [-0.1, -0.05) is 30.3 Å². The molecule has 32 heavy (non-hydrogen) atoms. The van der Waals surface area contributed by atoms with Crippen molar-refractivity contribution < 1.29 is 9.84 Å². The van der Waals surface area contributed by atoms with E-state index < -0.39 is 6.10 Å². The largest absolute Gasteiger partial charge is 0.486 e. The molecule has 0 amide bonds. The van der Waals surface area contributed by atoms with E-state index in [1.54, 1.807) is 6.20 Å². The summed E-state index contributed by atoms with van der Waals surface area (Å²) in [4.78, 5) is 6.43. The van der Waals surface area contributed by atoms with E-state index in [0.717, 1.165) is 18.1 Å². The van der Waals surface area contributed by atoms with Crippen LogP contribution in [0.2, 0.25) is 0 Å². The molecule has 0 spiro atoms. The molecule has 2 aromatic carbocycles. The van der Waals surface area contributed by atoms with Gasteiger partial charge in [0.2, 0.25) is 0 Å². The molecule has 0 bridgehead atoms. The molecule has 168 valence electrons. The molecule has 0 fully saturated rings. The zero-order valence-electron chi connectivity index (χ0n) is 19.3. The molecular weight excluding hydrogens is 400 g/mol. The minimum atomic E-state index is -0.450. The third-order valence-electron chi connectivity index (χ3n) is 6.13. The summed E-state index contributed by atoms with van der Waals surface area (Å²) in [6.07, 6.45) is 3.23. The Kier molecular flexibility index (Phi) is 6.63. The molecule has 4 aromatic rings. The van der Waals surface area contributed by atoms with Crippen LogP contribution in [-0.4, -0.2) is 43.8 Å². The average Bonchev–Trinajstić information content (AvgIpc) is 3.29. The maximum Gasteiger partial charge on any atom is 0.146 e. The fourth-order valence-corrected chi connectivity index (χ4v) is 4.22. The topological polar surface area (TPSA) is 55.4 Å². The summed E-state index contributed by atoms with van der Waals surface area (Å²) in [5.41, 5.74) is 4.87. The Morgan fingerprint density at radius 1 is 1.09 bits per heavy atom. The van der Waals surface area contributed by atoms with E-state index in [2.05, 4.69) is 64.7 Å². The number of aliphatic hydroxyl groups excluding tert-OH is 1. The van der Waals surface area contributed by atoms with Crippen LogP contribution in [0.5, 0.6) is 5.75 Å². The predicted molar refractivity (Wildman–Crippen MR) is 128 cm³/mol. The molecule has 0 unspecified atom stereocenters. The van der Waals surface area contributed by atoms with E-state index in [4.69, 9.17) is 4.74 Å². The van der Waals surface area contributed by atoms with Gasteiger partial charge in [-0.3, -0.25) is 4.90 Å². The minimum absolute atomic E-state index is 0.446. The number of aryl methyl sites for hydroxylation is 2. The molecule has 2 heterocycles. The van der Waals surface area contributed by atoms with Crippen molar-refractivity contribution in [3.63, 3.8) is 0 Å². The molecule has 0 aliphatic rings. The second kappa shape index (κ2) is 9.59. The number of fused-ring (bicyclic) bond motifs is 1. The second-order valence-electron chi connectivity index (χ2n) is 8.58. The van der Waals surface area contributed by atoms with Crippen molar-refractivity contribution in [2.24, 2.45) is 7.05 Å². The fourth-order valence-electron chi connectivity index (χ4n) is 4.22. The van der Waals surface area contributed by atoms with Gasteiger partial charge in [0.05, 0.1) is 12.6 Å². The maximum atomic E-state index is 10.8. The van der Waals surface area contributed by atoms with Crippen LogP contribution >= 0.6 is 0 Å². The van der Waals surface area contributed by atoms with Crippen LogP contribution in [0, 0.1) is 13.8 Å². The number of hydrogen-bond acceptors (Lipinski definition) is 4. The highest BCUT2D eigenvalue weighted by molar-refractivity contribution is 5.85. The summed E-state index contributed by atoms with van der Waals surface area (Å²) in [6.45, 7) is 6.68. The van der Waals surface area contributed by atoms with Crippen LogP contribution < -0.4 is 4.74 Å². The number of nitrogens with zero attached hydrogens (tertiary/aromatic N) is 4. The van der Waals surface area contributed by atoms with Gasteiger partial charge >= 0.3 is 0 Å². The van der Waals surface area contributed by atoms with Gasteiger partial charge in [0.25, 0.3) is 0 Å². The lowest BCUT2D eigenvalue weighted by atomic mass is 10.2. The molecule has 4 rings (SSSR count). The van der Waals surface area contributed by atoms with Crippen molar-refractivity contribution in [3.05, 3.63) is 83.6 Å². The zero-order valence-corrected chi connectivity index (χ0v) is 19.3. The highest BCUT2D eigenvalue weighted by atomic mass is 16.5. The lowest BCUT2D eigenvalue weighted by molar-refractivity contribution is 0.108. The minimum Gasteiger partial charge on any atom is -0.486 e. The van der Waals surface area contributed by atoms with E-state index >= 15 is 0 Å². The van der Waals surface area contributed by atoms with Gasteiger partial charge in [0, 0.05) is 49.1 Å². The maximum absolute atomic E-state index is 10.8. The van der Waals surface area contributed by atoms with Gasteiger partial charge in [-0.2, -0.15) is 0 Å². The smallest absolute Gasteiger partial charge is 0.146 e. The number of rotatable bonds is 9. The summed E-state index contributed by atoms with van der Waals surface area (Å²) in [5.74, 6) is 1.72. The Hall–Kier alpha value is -3.09. The molecule has 0 saturated heterocycles. The van der Waals surface area contributed by atoms with Crippen LogP contribution in [0.15, 0.2) is 60.9 Å². The van der Waals surface area contributed by atoms with Crippen LogP contribution in [0.4, 0.5) is 0 Å². The van der Waals surface area contributed by atoms with Crippen molar-refractivity contribution in [2.45, 2.75) is 39.6 Å². The third kappa shape index (κ3) is 4.87. The van der Waals surface area contributed by atoms with Gasteiger partial charge < -0.3 is 19.0 Å². The van der Waals surface area contributed by atoms with Gasteiger partial charge in [-0.05, 0) is 50.2 Å². The molecule has 1 N–H and O–H groups in total. The van der Waals surface area contributed by atoms with Gasteiger partial charge in [-0.15, -0.1) is 0 Å². The highest BCUT2D eigenvalue weighted by Crippen LogP contribution is 2.25. The molecule has 1 atom stereocenters. The number of likely N-dealkylation sites (N-methyl/N-ethyl adjacent to an activating group) is 1. The van der Waals surface area contributed by atoms with Gasteiger partial charge in [0.15, 0.2) is 0 Å². The number of aromatic nitrogens is 3. The highest BCUT2D eigenvalue weighted by Gasteiger charge is 2.15. The first-order valence-electron chi connectivity index (χ1n) is 11.0. The normalized spacial score (nSPS) is 12.6.